The van der Waals surface area contributed by atoms with Crippen LogP contribution in [0.1, 0.15) is 28.6 Å². The van der Waals surface area contributed by atoms with Crippen molar-refractivity contribution in [1.29, 1.82) is 0 Å². The van der Waals surface area contributed by atoms with Crippen LogP contribution in [-0.2, 0) is 42.9 Å². The van der Waals surface area contributed by atoms with Gasteiger partial charge in [0.25, 0.3) is 10.0 Å². The molecule has 27 heavy (non-hydrogen) atoms. The summed E-state index contributed by atoms with van der Waals surface area (Å²) in [7, 11) is -1.96. The van der Waals surface area contributed by atoms with E-state index in [9.17, 15) is 8.42 Å². The molecule has 0 fully saturated rings. The molecule has 0 N–H and O–H groups in total. The molecule has 0 spiro atoms. The molecule has 0 saturated carbocycles. The standard InChI is InChI=1S/C19H22N4O3S/c1-14-12-19(22(2)21-14)27(24,25)23-11-10-17-16(13-23)20-18(26-17)9-8-15-6-4-3-5-7-15/h3-7,12H,8-11,13H2,1-2H3. The van der Waals surface area contributed by atoms with Crippen LogP contribution in [0.2, 0.25) is 0 Å². The Bertz CT molecular complexity index is 1050. The van der Waals surface area contributed by atoms with Crippen LogP contribution >= 0.6 is 0 Å². The highest BCUT2D eigenvalue weighted by Gasteiger charge is 2.33. The van der Waals surface area contributed by atoms with Crippen LogP contribution in [0.3, 0.4) is 0 Å². The fourth-order valence-electron chi connectivity index (χ4n) is 3.40. The van der Waals surface area contributed by atoms with Gasteiger partial charge in [0.2, 0.25) is 0 Å². The topological polar surface area (TPSA) is 81.2 Å². The van der Waals surface area contributed by atoms with Gasteiger partial charge in [0, 0.05) is 26.4 Å². The van der Waals surface area contributed by atoms with Crippen molar-refractivity contribution in [1.82, 2.24) is 19.1 Å². The van der Waals surface area contributed by atoms with E-state index in [1.807, 2.05) is 18.2 Å². The summed E-state index contributed by atoms with van der Waals surface area (Å²) in [6.45, 7) is 2.40. The number of rotatable bonds is 5. The molecule has 3 heterocycles. The maximum atomic E-state index is 13.0. The first-order valence-electron chi connectivity index (χ1n) is 8.95. The van der Waals surface area contributed by atoms with Crippen molar-refractivity contribution in [2.45, 2.75) is 37.8 Å². The van der Waals surface area contributed by atoms with Crippen LogP contribution in [0.25, 0.3) is 0 Å². The first-order valence-corrected chi connectivity index (χ1v) is 10.4. The number of hydrogen-bond acceptors (Lipinski definition) is 5. The Balaban J connectivity index is 1.50. The first kappa shape index (κ1) is 17.9. The number of fused-ring (bicyclic) bond motifs is 1. The van der Waals surface area contributed by atoms with Crippen LogP contribution in [0, 0.1) is 6.92 Å². The number of oxazole rings is 1. The predicted octanol–water partition coefficient (Wildman–Crippen LogP) is 2.25. The molecule has 1 aromatic carbocycles. The molecule has 0 amide bonds. The fourth-order valence-corrected chi connectivity index (χ4v) is 4.98. The molecule has 1 aliphatic rings. The summed E-state index contributed by atoms with van der Waals surface area (Å²) in [5.41, 5.74) is 2.62. The zero-order valence-electron chi connectivity index (χ0n) is 15.4. The number of benzene rings is 1. The van der Waals surface area contributed by atoms with E-state index in [2.05, 4.69) is 22.2 Å². The molecule has 4 rings (SSSR count). The van der Waals surface area contributed by atoms with Crippen molar-refractivity contribution >= 4 is 10.0 Å². The molecule has 0 unspecified atom stereocenters. The molecule has 1 aliphatic heterocycles. The van der Waals surface area contributed by atoms with Crippen LogP contribution in [0.15, 0.2) is 45.8 Å². The Hall–Kier alpha value is -2.45. The zero-order valence-corrected chi connectivity index (χ0v) is 16.2. The highest BCUT2D eigenvalue weighted by molar-refractivity contribution is 7.89. The number of sulfonamides is 1. The summed E-state index contributed by atoms with van der Waals surface area (Å²) in [6.07, 6.45) is 2.07. The van der Waals surface area contributed by atoms with Crippen LogP contribution < -0.4 is 0 Å². The van der Waals surface area contributed by atoms with Crippen LogP contribution in [-0.4, -0.2) is 34.0 Å². The molecule has 3 aromatic rings. The third-order valence-corrected chi connectivity index (χ3v) is 6.67. The first-order chi connectivity index (χ1) is 12.9. The van der Waals surface area contributed by atoms with Gasteiger partial charge in [0.05, 0.1) is 17.9 Å². The zero-order chi connectivity index (χ0) is 19.0. The van der Waals surface area contributed by atoms with Crippen molar-refractivity contribution < 1.29 is 12.8 Å². The SMILES string of the molecule is Cc1cc(S(=O)(=O)N2CCc3oc(CCc4ccccc4)nc3C2)n(C)n1. The summed E-state index contributed by atoms with van der Waals surface area (Å²) in [5.74, 6) is 1.46. The Morgan fingerprint density at radius 1 is 1.19 bits per heavy atom. The minimum atomic E-state index is -3.61. The second-order valence-corrected chi connectivity index (χ2v) is 8.68. The summed E-state index contributed by atoms with van der Waals surface area (Å²) in [5, 5.41) is 4.36. The van der Waals surface area contributed by atoms with Crippen LogP contribution in [0.5, 0.6) is 0 Å². The quantitative estimate of drug-likeness (QED) is 0.672. The Kier molecular flexibility index (Phi) is 4.61. The van der Waals surface area contributed by atoms with Gasteiger partial charge in [-0.15, -0.1) is 0 Å². The molecule has 142 valence electrons. The van der Waals surface area contributed by atoms with E-state index in [0.717, 1.165) is 12.2 Å². The van der Waals surface area contributed by atoms with E-state index < -0.39 is 10.0 Å². The third kappa shape index (κ3) is 3.54. The van der Waals surface area contributed by atoms with Gasteiger partial charge in [-0.1, -0.05) is 30.3 Å². The molecular weight excluding hydrogens is 364 g/mol. The number of aromatic nitrogens is 3. The average Bonchev–Trinajstić information content (AvgIpc) is 3.22. The lowest BCUT2D eigenvalue weighted by atomic mass is 10.1. The Morgan fingerprint density at radius 2 is 1.96 bits per heavy atom. The second-order valence-electron chi connectivity index (χ2n) is 6.80. The van der Waals surface area contributed by atoms with Gasteiger partial charge in [0.1, 0.15) is 5.76 Å². The fraction of sp³-hybridized carbons (Fsp3) is 0.368. The van der Waals surface area contributed by atoms with Crippen molar-refractivity contribution in [3.05, 3.63) is 65.0 Å². The Labute approximate surface area is 158 Å². The average molecular weight is 386 g/mol. The molecule has 8 heteroatoms. The smallest absolute Gasteiger partial charge is 0.260 e. The molecule has 0 atom stereocenters. The highest BCUT2D eigenvalue weighted by atomic mass is 32.2. The van der Waals surface area contributed by atoms with Gasteiger partial charge >= 0.3 is 0 Å². The minimum absolute atomic E-state index is 0.205. The molecular formula is C19H22N4O3S. The van der Waals surface area contributed by atoms with Gasteiger partial charge in [-0.05, 0) is 25.0 Å². The molecule has 0 saturated heterocycles. The lowest BCUT2D eigenvalue weighted by Crippen LogP contribution is -2.36. The summed E-state index contributed by atoms with van der Waals surface area (Å²) in [6, 6.07) is 11.8. The number of hydrogen-bond donors (Lipinski definition) is 0. The van der Waals surface area contributed by atoms with Gasteiger partial charge < -0.3 is 4.42 Å². The van der Waals surface area contributed by atoms with Gasteiger partial charge in [-0.3, -0.25) is 4.68 Å². The summed E-state index contributed by atoms with van der Waals surface area (Å²) >= 11 is 0. The van der Waals surface area contributed by atoms with Crippen LogP contribution in [0.4, 0.5) is 0 Å². The molecule has 7 nitrogen and oxygen atoms in total. The predicted molar refractivity (Wildman–Crippen MR) is 99.6 cm³/mol. The lowest BCUT2D eigenvalue weighted by molar-refractivity contribution is 0.353. The molecule has 0 aliphatic carbocycles. The van der Waals surface area contributed by atoms with E-state index in [0.29, 0.717) is 36.7 Å². The highest BCUT2D eigenvalue weighted by Crippen LogP contribution is 2.26. The molecule has 2 aromatic heterocycles. The largest absolute Gasteiger partial charge is 0.445 e. The lowest BCUT2D eigenvalue weighted by Gasteiger charge is -2.24. The summed E-state index contributed by atoms with van der Waals surface area (Å²) < 4.78 is 34.6. The van der Waals surface area contributed by atoms with Crippen molar-refractivity contribution in [3.63, 3.8) is 0 Å². The van der Waals surface area contributed by atoms with E-state index in [1.54, 1.807) is 20.0 Å². The van der Waals surface area contributed by atoms with E-state index in [1.165, 1.54) is 14.6 Å². The third-order valence-electron chi connectivity index (χ3n) is 4.77. The number of nitrogens with zero attached hydrogens (tertiary/aromatic N) is 4. The number of aryl methyl sites for hydroxylation is 4. The molecule has 0 bridgehead atoms. The van der Waals surface area contributed by atoms with E-state index in [4.69, 9.17) is 4.42 Å². The summed E-state index contributed by atoms with van der Waals surface area (Å²) in [4.78, 5) is 4.56. The Morgan fingerprint density at radius 3 is 2.67 bits per heavy atom. The second kappa shape index (κ2) is 6.94. The van der Waals surface area contributed by atoms with Gasteiger partial charge in [0.15, 0.2) is 10.9 Å². The van der Waals surface area contributed by atoms with Crippen molar-refractivity contribution in [2.75, 3.05) is 6.54 Å². The molecule has 0 radical (unpaired) electrons. The minimum Gasteiger partial charge on any atom is -0.445 e. The monoisotopic (exact) mass is 386 g/mol. The van der Waals surface area contributed by atoms with E-state index >= 15 is 0 Å². The van der Waals surface area contributed by atoms with E-state index in [-0.39, 0.29) is 11.6 Å². The van der Waals surface area contributed by atoms with Crippen molar-refractivity contribution in [3.8, 4) is 0 Å². The maximum Gasteiger partial charge on any atom is 0.260 e. The maximum absolute atomic E-state index is 13.0. The normalized spacial score (nSPS) is 15.0. The van der Waals surface area contributed by atoms with Crippen molar-refractivity contribution in [2.24, 2.45) is 7.05 Å². The van der Waals surface area contributed by atoms with Gasteiger partial charge in [-0.2, -0.15) is 9.40 Å². The van der Waals surface area contributed by atoms with Gasteiger partial charge in [-0.25, -0.2) is 13.4 Å².